The van der Waals surface area contributed by atoms with E-state index in [0.29, 0.717) is 23.9 Å². The molecule has 484 valence electrons. The van der Waals surface area contributed by atoms with Crippen molar-refractivity contribution in [3.05, 3.63) is 72.9 Å². The van der Waals surface area contributed by atoms with Gasteiger partial charge in [0.15, 0.2) is 0 Å². The topological polar surface area (TPSA) is 111 Å². The third-order valence-corrected chi connectivity index (χ3v) is 16.6. The molecule has 0 aromatic rings. The van der Waals surface area contributed by atoms with E-state index < -0.39 is 20.0 Å². The fourth-order valence-corrected chi connectivity index (χ4v) is 11.0. The number of amides is 1. The molecule has 0 aromatic carbocycles. The highest BCUT2D eigenvalue weighted by Gasteiger charge is 2.30. The lowest BCUT2D eigenvalue weighted by molar-refractivity contribution is -0.870. The number of esters is 1. The number of hydrogen-bond donors (Lipinski definition) is 2. The molecule has 1 amide bonds. The number of quaternary nitrogens is 1. The van der Waals surface area contributed by atoms with Crippen LogP contribution in [0.2, 0.25) is 0 Å². The van der Waals surface area contributed by atoms with E-state index in [1.807, 2.05) is 33.3 Å². The number of nitrogens with zero attached hydrogens (tertiary/aromatic N) is 1. The lowest BCUT2D eigenvalue weighted by Gasteiger charge is -2.27. The maximum absolute atomic E-state index is 13.6. The van der Waals surface area contributed by atoms with E-state index in [9.17, 15) is 19.0 Å². The molecule has 9 nitrogen and oxygen atoms in total. The van der Waals surface area contributed by atoms with Gasteiger partial charge in [-0.1, -0.05) is 312 Å². The third kappa shape index (κ3) is 63.8. The van der Waals surface area contributed by atoms with Gasteiger partial charge in [0, 0.05) is 12.8 Å². The molecule has 0 saturated carbocycles. The molecule has 83 heavy (non-hydrogen) atoms. The summed E-state index contributed by atoms with van der Waals surface area (Å²) < 4.78 is 30.8. The maximum atomic E-state index is 13.6. The Morgan fingerprint density at radius 2 is 0.771 bits per heavy atom. The molecule has 0 aliphatic heterocycles. The van der Waals surface area contributed by atoms with Gasteiger partial charge in [-0.05, 0) is 76.7 Å². The van der Waals surface area contributed by atoms with Crippen LogP contribution in [-0.4, -0.2) is 74.3 Å². The summed E-state index contributed by atoms with van der Waals surface area (Å²) in [5, 5.41) is 3.05. The molecule has 0 spiro atoms. The zero-order chi connectivity index (χ0) is 60.7. The summed E-state index contributed by atoms with van der Waals surface area (Å²) in [6.45, 7) is 6.91. The van der Waals surface area contributed by atoms with E-state index in [0.717, 1.165) is 89.9 Å². The second-order valence-electron chi connectivity index (χ2n) is 25.0. The summed E-state index contributed by atoms with van der Waals surface area (Å²) in [5.74, 6) is -0.531. The average Bonchev–Trinajstić information content (AvgIpc) is 3.47. The first-order chi connectivity index (χ1) is 40.4. The van der Waals surface area contributed by atoms with Gasteiger partial charge in [0.1, 0.15) is 19.3 Å². The van der Waals surface area contributed by atoms with Crippen LogP contribution in [-0.2, 0) is 27.9 Å². The van der Waals surface area contributed by atoms with Gasteiger partial charge in [0.05, 0.1) is 33.8 Å². The Labute approximate surface area is 514 Å². The van der Waals surface area contributed by atoms with Gasteiger partial charge in [-0.3, -0.25) is 18.6 Å². The van der Waals surface area contributed by atoms with Gasteiger partial charge >= 0.3 is 13.8 Å². The molecule has 3 unspecified atom stereocenters. The fourth-order valence-electron chi connectivity index (χ4n) is 10.3. The number of carbonyl (C=O) groups is 2. The average molecular weight is 1180 g/mol. The van der Waals surface area contributed by atoms with E-state index in [-0.39, 0.29) is 31.5 Å². The number of phosphoric acid groups is 1. The molecule has 3 atom stereocenters. The van der Waals surface area contributed by atoms with Gasteiger partial charge in [-0.2, -0.15) is 0 Å². The summed E-state index contributed by atoms with van der Waals surface area (Å²) in [6.07, 6.45) is 82.1. The first kappa shape index (κ1) is 80.5. The third-order valence-electron chi connectivity index (χ3n) is 15.7. The second kappa shape index (κ2) is 62.5. The Hall–Kier alpha value is -2.55. The summed E-state index contributed by atoms with van der Waals surface area (Å²) in [5.41, 5.74) is 0. The van der Waals surface area contributed by atoms with Gasteiger partial charge in [-0.15, -0.1) is 0 Å². The van der Waals surface area contributed by atoms with Crippen molar-refractivity contribution in [1.82, 2.24) is 5.32 Å². The second-order valence-corrected chi connectivity index (χ2v) is 26.5. The minimum absolute atomic E-state index is 0.0326. The summed E-state index contributed by atoms with van der Waals surface area (Å²) in [6, 6.07) is -0.868. The van der Waals surface area contributed by atoms with Crippen molar-refractivity contribution in [2.75, 3.05) is 40.9 Å². The predicted molar refractivity (Wildman–Crippen MR) is 360 cm³/mol. The van der Waals surface area contributed by atoms with Crippen molar-refractivity contribution in [3.8, 4) is 0 Å². The Balaban J connectivity index is 5.13. The SMILES string of the molecule is CC/C=C\C/C=C\C/C=C\C/C=C\C/C=C\CCCCCC(=O)NC(COP(=O)(O)OCC[N+](C)(C)C)C(/C=C\CCCCCCCCCCCCC)OC(=O)CCCCCCCCCCCCCCCCCCCCCCCCCCC. The maximum Gasteiger partial charge on any atom is 0.472 e. The molecule has 2 N–H and O–H groups in total. The number of nitrogens with one attached hydrogen (secondary N) is 1. The number of hydrogen-bond acceptors (Lipinski definition) is 6. The van der Waals surface area contributed by atoms with Crippen LogP contribution in [0.4, 0.5) is 0 Å². The molecule has 0 aliphatic rings. The predicted octanol–water partition coefficient (Wildman–Crippen LogP) is 22.3. The number of ether oxygens (including phenoxy) is 1. The number of carbonyl (C=O) groups excluding carboxylic acids is 2. The number of allylic oxidation sites excluding steroid dienone is 11. The normalized spacial score (nSPS) is 14.0. The van der Waals surface area contributed by atoms with Crippen LogP contribution in [0.5, 0.6) is 0 Å². The lowest BCUT2D eigenvalue weighted by atomic mass is 10.0. The molecule has 0 radical (unpaired) electrons. The van der Waals surface area contributed by atoms with Crippen LogP contribution in [0.15, 0.2) is 72.9 Å². The van der Waals surface area contributed by atoms with Crippen molar-refractivity contribution in [2.45, 2.75) is 341 Å². The highest BCUT2D eigenvalue weighted by Crippen LogP contribution is 2.43. The Morgan fingerprint density at radius 1 is 0.434 bits per heavy atom. The molecule has 0 bridgehead atoms. The summed E-state index contributed by atoms with van der Waals surface area (Å²) in [7, 11) is 1.48. The Morgan fingerprint density at radius 3 is 1.17 bits per heavy atom. The minimum atomic E-state index is -4.46. The van der Waals surface area contributed by atoms with Crippen molar-refractivity contribution in [3.63, 3.8) is 0 Å². The van der Waals surface area contributed by atoms with Crippen molar-refractivity contribution in [1.29, 1.82) is 0 Å². The van der Waals surface area contributed by atoms with Gasteiger partial charge in [0.2, 0.25) is 5.91 Å². The lowest BCUT2D eigenvalue weighted by Crippen LogP contribution is -2.47. The van der Waals surface area contributed by atoms with Crippen molar-refractivity contribution < 1.29 is 37.3 Å². The molecule has 0 rings (SSSR count). The molecule has 0 saturated heterocycles. The zero-order valence-corrected chi connectivity index (χ0v) is 56.3. The van der Waals surface area contributed by atoms with Gasteiger partial charge < -0.3 is 19.4 Å². The molecule has 0 fully saturated rings. The van der Waals surface area contributed by atoms with Crippen LogP contribution in [0, 0.1) is 0 Å². The first-order valence-corrected chi connectivity index (χ1v) is 36.8. The quantitative estimate of drug-likeness (QED) is 0.0205. The fraction of sp³-hybridized carbons (Fsp3) is 0.808. The standard InChI is InChI=1S/C73H135N2O7P/c1-7-10-13-16-19-22-25-28-30-32-34-35-36-37-38-39-41-43-45-48-51-54-57-60-63-66-73(77)82-71(64-61-58-55-52-49-46-27-24-21-18-15-12-9-3)70(69-81-83(78,79)80-68-67-75(4,5)6)74-72(76)65-62-59-56-53-50-47-44-42-40-33-31-29-26-23-20-17-14-11-8-2/h11,14,20,23,29,31,40,42,47,50,61,64,70-71H,7-10,12-13,15-19,21-22,24-28,30,32-39,41,43-46,48-49,51-60,62-63,65-69H2,1-6H3,(H-,74,76,78,79)/p+1/b14-11-,23-20-,31-29-,42-40-,50-47-,64-61-. The van der Waals surface area contributed by atoms with Gasteiger partial charge in [0.25, 0.3) is 0 Å². The monoisotopic (exact) mass is 1180 g/mol. The van der Waals surface area contributed by atoms with Crippen LogP contribution >= 0.6 is 7.82 Å². The highest BCUT2D eigenvalue weighted by molar-refractivity contribution is 7.47. The number of phosphoric ester groups is 1. The minimum Gasteiger partial charge on any atom is -0.456 e. The van der Waals surface area contributed by atoms with Crippen LogP contribution in [0.25, 0.3) is 0 Å². The molecule has 10 heteroatoms. The first-order valence-electron chi connectivity index (χ1n) is 35.3. The number of likely N-dealkylation sites (N-methyl/N-ethyl adjacent to an activating group) is 1. The van der Waals surface area contributed by atoms with E-state index in [4.69, 9.17) is 13.8 Å². The van der Waals surface area contributed by atoms with Crippen LogP contribution < -0.4 is 5.32 Å². The van der Waals surface area contributed by atoms with Crippen LogP contribution in [0.1, 0.15) is 329 Å². The molecule has 0 aromatic heterocycles. The zero-order valence-electron chi connectivity index (χ0n) is 55.4. The molecule has 0 aliphatic carbocycles. The highest BCUT2D eigenvalue weighted by atomic mass is 31.2. The van der Waals surface area contributed by atoms with E-state index >= 15 is 0 Å². The summed E-state index contributed by atoms with van der Waals surface area (Å²) >= 11 is 0. The Kier molecular flexibility index (Phi) is 60.6. The van der Waals surface area contributed by atoms with Crippen LogP contribution in [0.3, 0.4) is 0 Å². The van der Waals surface area contributed by atoms with E-state index in [1.165, 1.54) is 199 Å². The van der Waals surface area contributed by atoms with E-state index in [2.05, 4.69) is 86.8 Å². The molecular formula is C73H136N2O7P+. The van der Waals surface area contributed by atoms with E-state index in [1.54, 1.807) is 0 Å². The van der Waals surface area contributed by atoms with Crippen molar-refractivity contribution in [2.24, 2.45) is 0 Å². The molecular weight excluding hydrogens is 1050 g/mol. The Bertz CT molecular complexity index is 1650. The van der Waals surface area contributed by atoms with Crippen molar-refractivity contribution >= 4 is 19.7 Å². The summed E-state index contributed by atoms with van der Waals surface area (Å²) in [4.78, 5) is 37.9. The largest absolute Gasteiger partial charge is 0.472 e. The number of unbranched alkanes of at least 4 members (excludes halogenated alkanes) is 38. The van der Waals surface area contributed by atoms with Gasteiger partial charge in [-0.25, -0.2) is 4.57 Å². The molecule has 0 heterocycles. The number of rotatable bonds is 64. The smallest absolute Gasteiger partial charge is 0.456 e.